The van der Waals surface area contributed by atoms with E-state index in [0.29, 0.717) is 11.1 Å². The van der Waals surface area contributed by atoms with E-state index in [1.54, 1.807) is 49.4 Å². The van der Waals surface area contributed by atoms with Crippen LogP contribution >= 0.6 is 0 Å². The van der Waals surface area contributed by atoms with Gasteiger partial charge in [-0.25, -0.2) is 22.0 Å². The summed E-state index contributed by atoms with van der Waals surface area (Å²) < 4.78 is 57.9. The van der Waals surface area contributed by atoms with E-state index in [9.17, 15) is 27.5 Å². The van der Waals surface area contributed by atoms with Gasteiger partial charge in [0.15, 0.2) is 0 Å². The number of carboxylic acids is 1. The van der Waals surface area contributed by atoms with E-state index in [-0.39, 0.29) is 41.0 Å². The molecule has 10 heteroatoms. The molecule has 5 rings (SSSR count). The molecule has 0 radical (unpaired) electrons. The second kappa shape index (κ2) is 9.45. The average Bonchev–Trinajstić information content (AvgIpc) is 3.30. The summed E-state index contributed by atoms with van der Waals surface area (Å²) in [6.07, 6.45) is 1.08. The highest BCUT2D eigenvalue weighted by molar-refractivity contribution is 7.89. The van der Waals surface area contributed by atoms with Gasteiger partial charge in [0.1, 0.15) is 18.1 Å². The minimum Gasteiger partial charge on any atom is -0.477 e. The minimum atomic E-state index is -3.74. The molecule has 38 heavy (non-hydrogen) atoms. The van der Waals surface area contributed by atoms with Crippen LogP contribution in [0.4, 0.5) is 8.78 Å². The summed E-state index contributed by atoms with van der Waals surface area (Å²) in [5.74, 6) is -2.21. The van der Waals surface area contributed by atoms with Crippen molar-refractivity contribution in [1.82, 2.24) is 8.87 Å². The molecule has 0 aliphatic carbocycles. The van der Waals surface area contributed by atoms with Gasteiger partial charge in [0.05, 0.1) is 17.0 Å². The number of hydrogen-bond donors (Lipinski definition) is 1. The van der Waals surface area contributed by atoms with Gasteiger partial charge in [-0.05, 0) is 60.4 Å². The molecule has 0 amide bonds. The zero-order valence-corrected chi connectivity index (χ0v) is 21.5. The maximum absolute atomic E-state index is 15.5. The summed E-state index contributed by atoms with van der Waals surface area (Å²) in [5, 5.41) is 9.25. The van der Waals surface area contributed by atoms with Gasteiger partial charge in [0.25, 0.3) is 0 Å². The Kier molecular flexibility index (Phi) is 6.40. The Morgan fingerprint density at radius 3 is 2.37 bits per heavy atom. The third-order valence-electron chi connectivity index (χ3n) is 6.96. The Balaban J connectivity index is 1.60. The lowest BCUT2D eigenvalue weighted by atomic mass is 9.94. The maximum Gasteiger partial charge on any atom is 0.341 e. The van der Waals surface area contributed by atoms with Crippen LogP contribution in [0.2, 0.25) is 0 Å². The van der Waals surface area contributed by atoms with Crippen LogP contribution in [0, 0.1) is 19.7 Å². The second-order valence-corrected chi connectivity index (χ2v) is 11.3. The van der Waals surface area contributed by atoms with E-state index in [1.807, 2.05) is 6.92 Å². The van der Waals surface area contributed by atoms with E-state index in [0.717, 1.165) is 29.0 Å². The molecule has 1 N–H and O–H groups in total. The van der Waals surface area contributed by atoms with E-state index in [4.69, 9.17) is 0 Å². The van der Waals surface area contributed by atoms with E-state index >= 15 is 4.39 Å². The molecule has 0 spiro atoms. The molecular formula is C28H24F2N2O5S. The Morgan fingerprint density at radius 1 is 1.03 bits per heavy atom. The number of fused-ring (bicyclic) bond motifs is 2. The van der Waals surface area contributed by atoms with Gasteiger partial charge in [-0.2, -0.15) is 4.31 Å². The summed E-state index contributed by atoms with van der Waals surface area (Å²) in [7, 11) is -3.74. The summed E-state index contributed by atoms with van der Waals surface area (Å²) in [6, 6.07) is 12.8. The van der Waals surface area contributed by atoms with E-state index < -0.39 is 39.5 Å². The monoisotopic (exact) mass is 538 g/mol. The molecule has 1 aliphatic rings. The Bertz CT molecular complexity index is 1780. The Hall–Kier alpha value is -3.89. The SMILES string of the molecule is Cc1ccc(S(=O)(=O)N2Cc3ccc(-c4c(F)cc5c(=O)c(C(=O)O)cn(CCF)c5c4C)cc3C2)cc1. The van der Waals surface area contributed by atoms with Crippen molar-refractivity contribution in [2.75, 3.05) is 6.67 Å². The molecule has 7 nitrogen and oxygen atoms in total. The molecule has 0 atom stereocenters. The summed E-state index contributed by atoms with van der Waals surface area (Å²) in [6.45, 7) is 2.74. The van der Waals surface area contributed by atoms with Gasteiger partial charge >= 0.3 is 5.97 Å². The molecule has 1 aliphatic heterocycles. The third kappa shape index (κ3) is 4.19. The fourth-order valence-electron chi connectivity index (χ4n) is 5.06. The molecule has 0 unspecified atom stereocenters. The fourth-order valence-corrected chi connectivity index (χ4v) is 6.45. The minimum absolute atomic E-state index is 0.113. The number of sulfonamides is 1. The number of alkyl halides is 1. The number of pyridine rings is 1. The van der Waals surface area contributed by atoms with Crippen LogP contribution in [0.1, 0.15) is 32.6 Å². The van der Waals surface area contributed by atoms with Crippen molar-refractivity contribution in [2.24, 2.45) is 0 Å². The number of carboxylic acid groups (broad SMARTS) is 1. The number of nitrogens with zero attached hydrogens (tertiary/aromatic N) is 2. The molecule has 0 saturated carbocycles. The molecule has 0 fully saturated rings. The largest absolute Gasteiger partial charge is 0.477 e. The van der Waals surface area contributed by atoms with Gasteiger partial charge < -0.3 is 9.67 Å². The number of halogens is 2. The molecule has 3 aromatic carbocycles. The fraction of sp³-hybridized carbons (Fsp3) is 0.214. The predicted molar refractivity (Wildman–Crippen MR) is 139 cm³/mol. The number of aromatic nitrogens is 1. The topological polar surface area (TPSA) is 96.7 Å². The van der Waals surface area contributed by atoms with E-state index in [1.165, 1.54) is 8.87 Å². The lowest BCUT2D eigenvalue weighted by Gasteiger charge is -2.17. The van der Waals surface area contributed by atoms with Crippen molar-refractivity contribution < 1.29 is 27.1 Å². The van der Waals surface area contributed by atoms with Crippen molar-refractivity contribution >= 4 is 26.9 Å². The van der Waals surface area contributed by atoms with Crippen LogP contribution in [0.15, 0.2) is 64.4 Å². The molecule has 1 aromatic heterocycles. The molecule has 196 valence electrons. The second-order valence-electron chi connectivity index (χ2n) is 9.38. The molecule has 0 bridgehead atoms. The highest BCUT2D eigenvalue weighted by atomic mass is 32.2. The van der Waals surface area contributed by atoms with Crippen LogP contribution in [0.5, 0.6) is 0 Å². The number of carbonyl (C=O) groups is 1. The predicted octanol–water partition coefficient (Wildman–Crippen LogP) is 4.80. The first-order valence-electron chi connectivity index (χ1n) is 11.9. The standard InChI is InChI=1S/C28H24F2N2O5S/c1-16-3-7-21(8-4-16)38(36,37)32-13-19-6-5-18(11-20(19)14-32)25-17(2)26-22(12-24(25)30)27(33)23(28(34)35)15-31(26)10-9-29/h3-8,11-12,15H,9-10,13-14H2,1-2H3,(H,34,35). The molecule has 0 saturated heterocycles. The van der Waals surface area contributed by atoms with Crippen molar-refractivity contribution in [1.29, 1.82) is 0 Å². The quantitative estimate of drug-likeness (QED) is 0.381. The van der Waals surface area contributed by atoms with Crippen molar-refractivity contribution in [2.45, 2.75) is 38.4 Å². The summed E-state index contributed by atoms with van der Waals surface area (Å²) in [4.78, 5) is 24.5. The lowest BCUT2D eigenvalue weighted by molar-refractivity contribution is 0.0694. The van der Waals surface area contributed by atoms with Gasteiger partial charge in [-0.3, -0.25) is 4.79 Å². The van der Waals surface area contributed by atoms with Crippen LogP contribution in [0.25, 0.3) is 22.0 Å². The first-order chi connectivity index (χ1) is 18.0. The van der Waals surface area contributed by atoms with Gasteiger partial charge in [0.2, 0.25) is 15.5 Å². The van der Waals surface area contributed by atoms with Gasteiger partial charge in [-0.1, -0.05) is 29.8 Å². The lowest BCUT2D eigenvalue weighted by Crippen LogP contribution is -2.25. The summed E-state index contributed by atoms with van der Waals surface area (Å²) in [5.41, 5.74) is 2.30. The molecular weight excluding hydrogens is 514 g/mol. The smallest absolute Gasteiger partial charge is 0.341 e. The van der Waals surface area contributed by atoms with Crippen LogP contribution in [0.3, 0.4) is 0 Å². The number of aromatic carboxylic acids is 1. The van der Waals surface area contributed by atoms with Crippen molar-refractivity contribution in [3.63, 3.8) is 0 Å². The van der Waals surface area contributed by atoms with Crippen LogP contribution in [-0.4, -0.2) is 35.0 Å². The normalized spacial score (nSPS) is 13.7. The first kappa shape index (κ1) is 25.7. The molecule has 4 aromatic rings. The van der Waals surface area contributed by atoms with Crippen molar-refractivity contribution in [3.8, 4) is 11.1 Å². The average molecular weight is 539 g/mol. The number of hydrogen-bond acceptors (Lipinski definition) is 4. The van der Waals surface area contributed by atoms with Crippen molar-refractivity contribution in [3.05, 3.63) is 98.6 Å². The van der Waals surface area contributed by atoms with Gasteiger partial charge in [0, 0.05) is 30.2 Å². The zero-order chi connectivity index (χ0) is 27.4. The zero-order valence-electron chi connectivity index (χ0n) is 20.7. The Morgan fingerprint density at radius 2 is 1.71 bits per heavy atom. The first-order valence-corrected chi connectivity index (χ1v) is 13.3. The molecule has 2 heterocycles. The highest BCUT2D eigenvalue weighted by Crippen LogP contribution is 2.36. The van der Waals surface area contributed by atoms with E-state index in [2.05, 4.69) is 0 Å². The van der Waals surface area contributed by atoms with Gasteiger partial charge in [-0.15, -0.1) is 0 Å². The Labute approximate surface area is 217 Å². The summed E-state index contributed by atoms with van der Waals surface area (Å²) >= 11 is 0. The number of benzene rings is 3. The highest BCUT2D eigenvalue weighted by Gasteiger charge is 2.31. The number of rotatable bonds is 6. The third-order valence-corrected chi connectivity index (χ3v) is 8.77. The van der Waals surface area contributed by atoms with Crippen LogP contribution < -0.4 is 5.43 Å². The maximum atomic E-state index is 15.5. The number of aryl methyl sites for hydroxylation is 3. The van der Waals surface area contributed by atoms with Crippen LogP contribution in [-0.2, 0) is 29.7 Å².